The van der Waals surface area contributed by atoms with Gasteiger partial charge in [-0.05, 0) is 26.0 Å². The molecule has 0 atom stereocenters. The van der Waals surface area contributed by atoms with Crippen LogP contribution in [-0.2, 0) is 13.0 Å². The zero-order chi connectivity index (χ0) is 20.7. The lowest BCUT2D eigenvalue weighted by Gasteiger charge is -2.18. The van der Waals surface area contributed by atoms with E-state index in [1.165, 1.54) is 12.1 Å². The Labute approximate surface area is 168 Å². The van der Waals surface area contributed by atoms with Gasteiger partial charge in [0.2, 0.25) is 0 Å². The van der Waals surface area contributed by atoms with Crippen LogP contribution in [0.4, 0.5) is 4.39 Å². The number of fused-ring (bicyclic) bond motifs is 2. The molecule has 4 aromatic rings. The fourth-order valence-electron chi connectivity index (χ4n) is 3.58. The standard InChI is InChI=1S/C23H22FN3O2/c1-5-20-18(16-8-6-7-9-21(16)29-20)12-27(4)23(28)17-10-15(24)11-19-22(17)26-14(3)13(2)25-19/h6-11H,5,12H2,1-4H3. The largest absolute Gasteiger partial charge is 0.461 e. The molecule has 4 rings (SSSR count). The highest BCUT2D eigenvalue weighted by atomic mass is 19.1. The van der Waals surface area contributed by atoms with E-state index in [1.54, 1.807) is 11.9 Å². The van der Waals surface area contributed by atoms with Gasteiger partial charge in [-0.25, -0.2) is 14.4 Å². The summed E-state index contributed by atoms with van der Waals surface area (Å²) >= 11 is 0. The van der Waals surface area contributed by atoms with Gasteiger partial charge >= 0.3 is 0 Å². The molecule has 0 saturated carbocycles. The molecule has 148 valence electrons. The third-order valence-corrected chi connectivity index (χ3v) is 5.22. The van der Waals surface area contributed by atoms with Crippen LogP contribution in [0.5, 0.6) is 0 Å². The number of furan rings is 1. The van der Waals surface area contributed by atoms with Crippen molar-refractivity contribution in [3.8, 4) is 0 Å². The first-order chi connectivity index (χ1) is 13.9. The molecule has 0 aliphatic rings. The van der Waals surface area contributed by atoms with Crippen LogP contribution in [0.2, 0.25) is 0 Å². The van der Waals surface area contributed by atoms with E-state index in [1.807, 2.05) is 45.0 Å². The molecule has 0 spiro atoms. The zero-order valence-corrected chi connectivity index (χ0v) is 16.9. The van der Waals surface area contributed by atoms with Crippen molar-refractivity contribution in [2.75, 3.05) is 7.05 Å². The second-order valence-electron chi connectivity index (χ2n) is 7.23. The van der Waals surface area contributed by atoms with Crippen molar-refractivity contribution in [1.82, 2.24) is 14.9 Å². The first-order valence-electron chi connectivity index (χ1n) is 9.58. The molecule has 5 nitrogen and oxygen atoms in total. The predicted octanol–water partition coefficient (Wildman–Crippen LogP) is 4.97. The van der Waals surface area contributed by atoms with E-state index in [9.17, 15) is 9.18 Å². The minimum absolute atomic E-state index is 0.212. The highest BCUT2D eigenvalue weighted by Gasteiger charge is 2.22. The summed E-state index contributed by atoms with van der Waals surface area (Å²) in [7, 11) is 1.70. The Morgan fingerprint density at radius 1 is 1.14 bits per heavy atom. The molecule has 0 radical (unpaired) electrons. The summed E-state index contributed by atoms with van der Waals surface area (Å²) in [4.78, 5) is 23.7. The highest BCUT2D eigenvalue weighted by molar-refractivity contribution is 6.04. The van der Waals surface area contributed by atoms with Gasteiger partial charge in [-0.15, -0.1) is 0 Å². The fourth-order valence-corrected chi connectivity index (χ4v) is 3.58. The lowest BCUT2D eigenvalue weighted by molar-refractivity contribution is 0.0786. The topological polar surface area (TPSA) is 59.2 Å². The Hall–Kier alpha value is -3.28. The van der Waals surface area contributed by atoms with E-state index in [2.05, 4.69) is 9.97 Å². The normalized spacial score (nSPS) is 11.3. The fraction of sp³-hybridized carbons (Fsp3) is 0.261. The lowest BCUT2D eigenvalue weighted by Crippen LogP contribution is -2.27. The van der Waals surface area contributed by atoms with Gasteiger partial charge in [0.15, 0.2) is 0 Å². The van der Waals surface area contributed by atoms with Gasteiger partial charge in [-0.1, -0.05) is 25.1 Å². The van der Waals surface area contributed by atoms with Crippen LogP contribution in [0.25, 0.3) is 22.0 Å². The minimum Gasteiger partial charge on any atom is -0.461 e. The lowest BCUT2D eigenvalue weighted by atomic mass is 10.1. The number of carbonyl (C=O) groups is 1. The van der Waals surface area contributed by atoms with Gasteiger partial charge in [-0.2, -0.15) is 0 Å². The number of amides is 1. The van der Waals surface area contributed by atoms with Gasteiger partial charge < -0.3 is 9.32 Å². The molecule has 0 aliphatic carbocycles. The number of carbonyl (C=O) groups excluding carboxylic acids is 1. The molecule has 0 bridgehead atoms. The molecular formula is C23H22FN3O2. The third-order valence-electron chi connectivity index (χ3n) is 5.22. The van der Waals surface area contributed by atoms with Crippen molar-refractivity contribution in [3.05, 3.63) is 70.5 Å². The van der Waals surface area contributed by atoms with Crippen molar-refractivity contribution in [3.63, 3.8) is 0 Å². The number of halogens is 1. The minimum atomic E-state index is -0.505. The number of benzene rings is 2. The molecule has 1 amide bonds. The summed E-state index contributed by atoms with van der Waals surface area (Å²) in [6, 6.07) is 10.3. The molecule has 0 N–H and O–H groups in total. The molecule has 2 heterocycles. The van der Waals surface area contributed by atoms with Crippen molar-refractivity contribution in [2.45, 2.75) is 33.7 Å². The monoisotopic (exact) mass is 391 g/mol. The highest BCUT2D eigenvalue weighted by Crippen LogP contribution is 2.28. The van der Waals surface area contributed by atoms with E-state index < -0.39 is 5.82 Å². The molecule has 2 aromatic heterocycles. The zero-order valence-electron chi connectivity index (χ0n) is 16.9. The van der Waals surface area contributed by atoms with E-state index in [4.69, 9.17) is 4.42 Å². The average molecular weight is 391 g/mol. The van der Waals surface area contributed by atoms with Crippen LogP contribution < -0.4 is 0 Å². The summed E-state index contributed by atoms with van der Waals surface area (Å²) in [5, 5.41) is 0.986. The number of hydrogen-bond donors (Lipinski definition) is 0. The maximum Gasteiger partial charge on any atom is 0.256 e. The molecule has 2 aromatic carbocycles. The molecule has 0 unspecified atom stereocenters. The summed E-state index contributed by atoms with van der Waals surface area (Å²) in [6.07, 6.45) is 0.721. The number of aromatic nitrogens is 2. The smallest absolute Gasteiger partial charge is 0.256 e. The van der Waals surface area contributed by atoms with Crippen molar-refractivity contribution in [2.24, 2.45) is 0 Å². The van der Waals surface area contributed by atoms with Gasteiger partial charge in [0, 0.05) is 37.0 Å². The Balaban J connectivity index is 1.75. The first kappa shape index (κ1) is 19.1. The molecule has 6 heteroatoms. The van der Waals surface area contributed by atoms with E-state index >= 15 is 0 Å². The van der Waals surface area contributed by atoms with Gasteiger partial charge in [-0.3, -0.25) is 4.79 Å². The maximum absolute atomic E-state index is 14.2. The number of aryl methyl sites for hydroxylation is 3. The van der Waals surface area contributed by atoms with Crippen LogP contribution in [0, 0.1) is 19.7 Å². The van der Waals surface area contributed by atoms with Crippen LogP contribution >= 0.6 is 0 Å². The molecule has 29 heavy (non-hydrogen) atoms. The molecule has 0 fully saturated rings. The first-order valence-corrected chi connectivity index (χ1v) is 9.58. The van der Waals surface area contributed by atoms with E-state index in [-0.39, 0.29) is 11.5 Å². The van der Waals surface area contributed by atoms with Gasteiger partial charge in [0.05, 0.1) is 22.5 Å². The van der Waals surface area contributed by atoms with Gasteiger partial charge in [0.25, 0.3) is 5.91 Å². The summed E-state index contributed by atoms with van der Waals surface area (Å²) in [5.74, 6) is 0.0374. The summed E-state index contributed by atoms with van der Waals surface area (Å²) in [5.41, 5.74) is 4.21. The van der Waals surface area contributed by atoms with Crippen LogP contribution in [0.1, 0.15) is 40.0 Å². The molecule has 0 saturated heterocycles. The Bertz CT molecular complexity index is 1250. The SMILES string of the molecule is CCc1oc2ccccc2c1CN(C)C(=O)c1cc(F)cc2nc(C)c(C)nc12. The molecular weight excluding hydrogens is 369 g/mol. The second-order valence-corrected chi connectivity index (χ2v) is 7.23. The van der Waals surface area contributed by atoms with E-state index in [0.717, 1.165) is 34.4 Å². The van der Waals surface area contributed by atoms with Crippen molar-refractivity contribution >= 4 is 27.9 Å². The predicted molar refractivity (Wildman–Crippen MR) is 110 cm³/mol. The molecule has 0 aliphatic heterocycles. The quantitative estimate of drug-likeness (QED) is 0.493. The van der Waals surface area contributed by atoms with Crippen molar-refractivity contribution < 1.29 is 13.6 Å². The van der Waals surface area contributed by atoms with Crippen molar-refractivity contribution in [1.29, 1.82) is 0 Å². The summed E-state index contributed by atoms with van der Waals surface area (Å²) in [6.45, 7) is 6.02. The number of hydrogen-bond acceptors (Lipinski definition) is 4. The summed E-state index contributed by atoms with van der Waals surface area (Å²) < 4.78 is 20.1. The van der Waals surface area contributed by atoms with Crippen LogP contribution in [0.15, 0.2) is 40.8 Å². The Morgan fingerprint density at radius 2 is 1.86 bits per heavy atom. The van der Waals surface area contributed by atoms with Gasteiger partial charge in [0.1, 0.15) is 22.7 Å². The Kier molecular flexibility index (Phi) is 4.78. The third kappa shape index (κ3) is 3.35. The van der Waals surface area contributed by atoms with Crippen LogP contribution in [-0.4, -0.2) is 27.8 Å². The number of nitrogens with zero attached hydrogens (tertiary/aromatic N) is 3. The maximum atomic E-state index is 14.2. The van der Waals surface area contributed by atoms with Crippen LogP contribution in [0.3, 0.4) is 0 Å². The Morgan fingerprint density at radius 3 is 2.62 bits per heavy atom. The van der Waals surface area contributed by atoms with E-state index in [0.29, 0.717) is 23.3 Å². The average Bonchev–Trinajstić information content (AvgIpc) is 3.05. The second kappa shape index (κ2) is 7.28. The number of rotatable bonds is 4. The number of para-hydroxylation sites is 1.